The number of rotatable bonds is 6. The number of Topliss-reactive ketones (excluding diaryl/α,β-unsaturated/α-hetero) is 1. The lowest BCUT2D eigenvalue weighted by Crippen LogP contribution is -2.11. The van der Waals surface area contributed by atoms with Crippen molar-refractivity contribution in [3.8, 4) is 11.4 Å². The van der Waals surface area contributed by atoms with Gasteiger partial charge in [-0.1, -0.05) is 0 Å². The van der Waals surface area contributed by atoms with Crippen LogP contribution < -0.4 is 11.1 Å². The summed E-state index contributed by atoms with van der Waals surface area (Å²) in [6, 6.07) is 11.2. The second-order valence-electron chi connectivity index (χ2n) is 9.74. The number of hydrogen-bond donors (Lipinski definition) is 2. The minimum Gasteiger partial charge on any atom is -0.397 e. The van der Waals surface area contributed by atoms with E-state index in [0.717, 1.165) is 24.3 Å². The molecular weight excluding hydrogens is 602 g/mol. The van der Waals surface area contributed by atoms with Crippen LogP contribution in [-0.2, 0) is 18.8 Å². The molecule has 0 amide bonds. The van der Waals surface area contributed by atoms with Gasteiger partial charge in [-0.2, -0.15) is 26.3 Å². The Labute approximate surface area is 249 Å². The van der Waals surface area contributed by atoms with Crippen molar-refractivity contribution in [3.63, 3.8) is 0 Å². The van der Waals surface area contributed by atoms with Crippen LogP contribution in [0.4, 0.5) is 43.5 Å². The number of nitrogens with two attached hydrogens (primary N) is 1. The highest BCUT2D eigenvalue weighted by atomic mass is 19.4. The number of nitrogen functional groups attached to an aromatic ring is 1. The van der Waals surface area contributed by atoms with E-state index in [1.807, 2.05) is 0 Å². The van der Waals surface area contributed by atoms with E-state index < -0.39 is 35.0 Å². The molecule has 6 heterocycles. The Morgan fingerprint density at radius 1 is 0.800 bits per heavy atom. The molecule has 0 unspecified atom stereocenters. The molecule has 0 spiro atoms. The molecule has 0 aromatic carbocycles. The number of carbonyl (C=O) groups is 1. The van der Waals surface area contributed by atoms with Crippen molar-refractivity contribution >= 4 is 45.0 Å². The van der Waals surface area contributed by atoms with Crippen molar-refractivity contribution in [1.82, 2.24) is 29.9 Å². The van der Waals surface area contributed by atoms with E-state index in [2.05, 4.69) is 35.2 Å². The van der Waals surface area contributed by atoms with E-state index >= 15 is 0 Å². The van der Waals surface area contributed by atoms with Gasteiger partial charge >= 0.3 is 12.4 Å². The molecule has 0 saturated heterocycles. The molecule has 3 N–H and O–H groups in total. The van der Waals surface area contributed by atoms with Crippen LogP contribution in [0.5, 0.6) is 0 Å². The molecule has 0 fully saturated rings. The predicted octanol–water partition coefficient (Wildman–Crippen LogP) is 6.82. The first-order chi connectivity index (χ1) is 21.4. The second-order valence-corrected chi connectivity index (χ2v) is 9.74. The lowest BCUT2D eigenvalue weighted by molar-refractivity contribution is -0.138. The number of halogens is 6. The smallest absolute Gasteiger partial charge is 0.397 e. The van der Waals surface area contributed by atoms with E-state index in [0.29, 0.717) is 28.5 Å². The van der Waals surface area contributed by atoms with Gasteiger partial charge in [0.15, 0.2) is 11.4 Å². The summed E-state index contributed by atoms with van der Waals surface area (Å²) >= 11 is 0. The first-order valence-electron chi connectivity index (χ1n) is 13.0. The molecule has 6 rings (SSSR count). The highest BCUT2D eigenvalue weighted by molar-refractivity contribution is 6.03. The molecule has 0 aliphatic heterocycles. The number of alkyl halides is 6. The molecule has 0 saturated carbocycles. The SMILES string of the molecule is Nc1ccnc2c(CC(=O)c3cc(Nc4ccc(C(F)(F)F)cn4)c4ccc(-c5ncccc5C(F)(F)F)nc4n3)ccnc12. The summed E-state index contributed by atoms with van der Waals surface area (Å²) in [5, 5.41) is 3.13. The molecule has 0 atom stereocenters. The summed E-state index contributed by atoms with van der Waals surface area (Å²) in [5.74, 6) is -0.514. The summed E-state index contributed by atoms with van der Waals surface area (Å²) in [6.45, 7) is 0. The van der Waals surface area contributed by atoms with Crippen LogP contribution in [0.15, 0.2) is 79.4 Å². The van der Waals surface area contributed by atoms with Crippen molar-refractivity contribution in [2.45, 2.75) is 18.8 Å². The van der Waals surface area contributed by atoms with Gasteiger partial charge < -0.3 is 11.1 Å². The van der Waals surface area contributed by atoms with Crippen molar-refractivity contribution in [1.29, 1.82) is 0 Å². The number of aromatic nitrogens is 6. The third kappa shape index (κ3) is 5.91. The zero-order valence-electron chi connectivity index (χ0n) is 22.6. The highest BCUT2D eigenvalue weighted by Crippen LogP contribution is 2.36. The molecule has 6 aromatic heterocycles. The maximum Gasteiger partial charge on any atom is 0.418 e. The Morgan fingerprint density at radius 3 is 2.31 bits per heavy atom. The summed E-state index contributed by atoms with van der Waals surface area (Å²) in [6.07, 6.45) is -4.76. The fourth-order valence-electron chi connectivity index (χ4n) is 4.62. The standard InChI is InChI=1S/C30H18F6N8O/c31-29(32,33)16-3-6-24(41-14-16)42-21-13-22(23(45)12-15-7-10-40-27-19(37)8-11-39-25(15)27)44-28-17(21)4-5-20(43-28)26-18(30(34,35)36)2-1-9-38-26/h1-11,13-14H,12H2,(H2,37,39)(H,41,42,43,44). The Bertz CT molecular complexity index is 2080. The Kier molecular flexibility index (Phi) is 7.22. The summed E-state index contributed by atoms with van der Waals surface area (Å²) in [7, 11) is 0. The van der Waals surface area contributed by atoms with Gasteiger partial charge in [0.25, 0.3) is 0 Å². The van der Waals surface area contributed by atoms with Crippen molar-refractivity contribution in [3.05, 3.63) is 102 Å². The molecule has 9 nitrogen and oxygen atoms in total. The van der Waals surface area contributed by atoms with Crippen LogP contribution in [0.25, 0.3) is 33.5 Å². The molecule has 45 heavy (non-hydrogen) atoms. The maximum absolute atomic E-state index is 13.7. The summed E-state index contributed by atoms with van der Waals surface area (Å²) in [5.41, 5.74) is 4.96. The number of anilines is 3. The molecule has 0 bridgehead atoms. The molecule has 0 aliphatic carbocycles. The van der Waals surface area contributed by atoms with E-state index in [1.54, 1.807) is 12.1 Å². The van der Waals surface area contributed by atoms with Gasteiger partial charge in [-0.15, -0.1) is 0 Å². The predicted molar refractivity (Wildman–Crippen MR) is 152 cm³/mol. The number of fused-ring (bicyclic) bond motifs is 2. The lowest BCUT2D eigenvalue weighted by Gasteiger charge is -2.14. The van der Waals surface area contributed by atoms with Crippen LogP contribution in [0, 0.1) is 0 Å². The summed E-state index contributed by atoms with van der Waals surface area (Å²) in [4.78, 5) is 38.4. The fraction of sp³-hybridized carbons (Fsp3) is 0.100. The zero-order chi connectivity index (χ0) is 31.9. The quantitative estimate of drug-likeness (QED) is 0.152. The van der Waals surface area contributed by atoms with E-state index in [9.17, 15) is 31.1 Å². The normalized spacial score (nSPS) is 12.0. The van der Waals surface area contributed by atoms with Crippen LogP contribution in [0.3, 0.4) is 0 Å². The minimum atomic E-state index is -4.73. The van der Waals surface area contributed by atoms with Crippen LogP contribution in [0.2, 0.25) is 0 Å². The molecule has 6 aromatic rings. The second kappa shape index (κ2) is 11.1. The minimum absolute atomic E-state index is 0.00172. The first-order valence-corrected chi connectivity index (χ1v) is 13.0. The van der Waals surface area contributed by atoms with Crippen molar-refractivity contribution in [2.24, 2.45) is 0 Å². The van der Waals surface area contributed by atoms with Gasteiger partial charge in [0.2, 0.25) is 0 Å². The average molecular weight is 621 g/mol. The molecule has 226 valence electrons. The van der Waals surface area contributed by atoms with Gasteiger partial charge in [-0.05, 0) is 60.2 Å². The lowest BCUT2D eigenvalue weighted by atomic mass is 10.0. The van der Waals surface area contributed by atoms with Gasteiger partial charge in [0, 0.05) is 36.6 Å². The largest absolute Gasteiger partial charge is 0.418 e. The number of ketones is 1. The van der Waals surface area contributed by atoms with Gasteiger partial charge in [-0.25, -0.2) is 15.0 Å². The number of pyridine rings is 6. The van der Waals surface area contributed by atoms with E-state index in [4.69, 9.17) is 5.73 Å². The molecule has 15 heteroatoms. The first kappa shape index (κ1) is 29.3. The van der Waals surface area contributed by atoms with Gasteiger partial charge in [0.05, 0.1) is 33.7 Å². The Balaban J connectivity index is 1.46. The van der Waals surface area contributed by atoms with E-state index in [1.165, 1.54) is 36.8 Å². The van der Waals surface area contributed by atoms with Gasteiger partial charge in [-0.3, -0.25) is 19.7 Å². The van der Waals surface area contributed by atoms with Crippen LogP contribution in [-0.4, -0.2) is 35.7 Å². The van der Waals surface area contributed by atoms with Crippen LogP contribution >= 0.6 is 0 Å². The zero-order valence-corrected chi connectivity index (χ0v) is 22.6. The fourth-order valence-corrected chi connectivity index (χ4v) is 4.62. The third-order valence-electron chi connectivity index (χ3n) is 6.76. The Hall–Kier alpha value is -5.73. The monoisotopic (exact) mass is 620 g/mol. The molecular formula is C30H18F6N8O. The topological polar surface area (TPSA) is 132 Å². The maximum atomic E-state index is 13.7. The number of hydrogen-bond acceptors (Lipinski definition) is 9. The highest BCUT2D eigenvalue weighted by Gasteiger charge is 2.35. The van der Waals surface area contributed by atoms with Crippen molar-refractivity contribution < 1.29 is 31.1 Å². The molecule has 0 radical (unpaired) electrons. The van der Waals surface area contributed by atoms with Gasteiger partial charge in [0.1, 0.15) is 22.7 Å². The van der Waals surface area contributed by atoms with Crippen LogP contribution in [0.1, 0.15) is 27.2 Å². The molecule has 0 aliphatic rings. The number of nitrogens with one attached hydrogen (secondary N) is 1. The van der Waals surface area contributed by atoms with Crippen molar-refractivity contribution in [2.75, 3.05) is 11.1 Å². The Morgan fingerprint density at radius 2 is 1.58 bits per heavy atom. The van der Waals surface area contributed by atoms with E-state index in [-0.39, 0.29) is 40.3 Å². The summed E-state index contributed by atoms with van der Waals surface area (Å²) < 4.78 is 80.4. The number of nitrogens with zero attached hydrogens (tertiary/aromatic N) is 6. The third-order valence-corrected chi connectivity index (χ3v) is 6.76. The number of carbonyl (C=O) groups excluding carboxylic acids is 1. The average Bonchev–Trinajstić information content (AvgIpc) is 3.00.